The zero-order chi connectivity index (χ0) is 9.83. The fourth-order valence-electron chi connectivity index (χ4n) is 0.405. The van der Waals surface area contributed by atoms with E-state index in [4.69, 9.17) is 4.55 Å². The Kier molecular flexibility index (Phi) is 3.93. The molecule has 1 N–H and O–H groups in total. The highest BCUT2D eigenvalue weighted by Crippen LogP contribution is 1.96. The van der Waals surface area contributed by atoms with Crippen molar-refractivity contribution in [2.45, 2.75) is 19.6 Å². The van der Waals surface area contributed by atoms with Crippen LogP contribution in [0.5, 0.6) is 0 Å². The molecule has 12 heavy (non-hydrogen) atoms. The van der Waals surface area contributed by atoms with Crippen LogP contribution in [0.25, 0.3) is 0 Å². The fourth-order valence-corrected chi connectivity index (χ4v) is 1.22. The van der Waals surface area contributed by atoms with Crippen molar-refractivity contribution in [3.8, 4) is 11.5 Å². The van der Waals surface area contributed by atoms with Crippen molar-refractivity contribution >= 4 is 18.5 Å². The highest BCUT2D eigenvalue weighted by molar-refractivity contribution is 7.80. The van der Waals surface area contributed by atoms with Crippen molar-refractivity contribution in [3.05, 3.63) is 0 Å². The van der Waals surface area contributed by atoms with Gasteiger partial charge in [-0.25, -0.2) is 4.18 Å². The van der Waals surface area contributed by atoms with Gasteiger partial charge in [-0.05, 0) is 0 Å². The van der Waals surface area contributed by atoms with E-state index in [9.17, 15) is 8.42 Å². The van der Waals surface area contributed by atoms with Crippen molar-refractivity contribution < 1.29 is 17.2 Å². The van der Waals surface area contributed by atoms with E-state index < -0.39 is 18.5 Å². The van der Waals surface area contributed by atoms with Gasteiger partial charge in [0.15, 0.2) is 0 Å². The number of rotatable bonds is 2. The Bertz CT molecular complexity index is 290. The summed E-state index contributed by atoms with van der Waals surface area (Å²) in [4.78, 5) is 0. The van der Waals surface area contributed by atoms with Gasteiger partial charge in [-0.1, -0.05) is 25.6 Å². The molecular weight excluding hydrogens is 196 g/mol. The monoisotopic (exact) mass is 208 g/mol. The topological polar surface area (TPSA) is 63.6 Å². The quantitative estimate of drug-likeness (QED) is 0.412. The summed E-state index contributed by atoms with van der Waals surface area (Å²) >= 11 is 0. The molecule has 0 spiro atoms. The van der Waals surface area contributed by atoms with Gasteiger partial charge in [-0.2, -0.15) is 8.42 Å². The third kappa shape index (κ3) is 9.65. The van der Waals surface area contributed by atoms with Crippen LogP contribution in [0.2, 0.25) is 19.6 Å². The average Bonchev–Trinajstić information content (AvgIpc) is 1.76. The molecule has 0 saturated carbocycles. The SMILES string of the molecule is C[Si](C)(C)C#CCOS(=O)(=O)O. The van der Waals surface area contributed by atoms with Crippen LogP contribution in [-0.2, 0) is 14.6 Å². The molecule has 0 amide bonds. The van der Waals surface area contributed by atoms with Crippen molar-refractivity contribution in [2.75, 3.05) is 6.61 Å². The highest BCUT2D eigenvalue weighted by atomic mass is 32.3. The van der Waals surface area contributed by atoms with Crippen LogP contribution < -0.4 is 0 Å². The van der Waals surface area contributed by atoms with Crippen molar-refractivity contribution in [3.63, 3.8) is 0 Å². The molecule has 0 saturated heterocycles. The molecule has 70 valence electrons. The lowest BCUT2D eigenvalue weighted by atomic mass is 10.8. The maximum absolute atomic E-state index is 10.0. The predicted octanol–water partition coefficient (Wildman–Crippen LogP) is 0.687. The first kappa shape index (κ1) is 11.6. The van der Waals surface area contributed by atoms with Crippen LogP contribution >= 0.6 is 0 Å². The minimum absolute atomic E-state index is 0.275. The van der Waals surface area contributed by atoms with Gasteiger partial charge >= 0.3 is 10.4 Å². The molecular formula is C6H12O4SSi. The molecule has 0 aromatic heterocycles. The average molecular weight is 208 g/mol. The zero-order valence-corrected chi connectivity index (χ0v) is 9.10. The van der Waals surface area contributed by atoms with Gasteiger partial charge in [0.25, 0.3) is 0 Å². The second-order valence-electron chi connectivity index (χ2n) is 3.24. The lowest BCUT2D eigenvalue weighted by Crippen LogP contribution is -2.16. The van der Waals surface area contributed by atoms with E-state index in [1.54, 1.807) is 0 Å². The lowest BCUT2D eigenvalue weighted by Gasteiger charge is -2.02. The molecule has 0 aliphatic heterocycles. The lowest BCUT2D eigenvalue weighted by molar-refractivity contribution is 0.300. The highest BCUT2D eigenvalue weighted by Gasteiger charge is 2.07. The van der Waals surface area contributed by atoms with Gasteiger partial charge in [-0.3, -0.25) is 4.55 Å². The second-order valence-corrected chi connectivity index (χ2v) is 9.08. The van der Waals surface area contributed by atoms with Crippen molar-refractivity contribution in [1.29, 1.82) is 0 Å². The Balaban J connectivity index is 3.92. The third-order valence-corrected chi connectivity index (χ3v) is 2.09. The maximum Gasteiger partial charge on any atom is 0.398 e. The molecule has 0 heterocycles. The molecule has 0 atom stereocenters. The Hall–Kier alpha value is -0.353. The van der Waals surface area contributed by atoms with E-state index in [1.807, 2.05) is 19.6 Å². The van der Waals surface area contributed by atoms with E-state index in [-0.39, 0.29) is 6.61 Å². The smallest absolute Gasteiger partial charge is 0.264 e. The first-order valence-electron chi connectivity index (χ1n) is 3.32. The minimum atomic E-state index is -4.33. The molecule has 0 aromatic carbocycles. The van der Waals surface area contributed by atoms with Gasteiger partial charge in [0.05, 0.1) is 0 Å². The molecule has 0 unspecified atom stereocenters. The van der Waals surface area contributed by atoms with E-state index in [0.717, 1.165) is 0 Å². The summed E-state index contributed by atoms with van der Waals surface area (Å²) in [7, 11) is -5.80. The van der Waals surface area contributed by atoms with E-state index in [0.29, 0.717) is 0 Å². The molecule has 0 rings (SSSR count). The molecule has 4 nitrogen and oxygen atoms in total. The minimum Gasteiger partial charge on any atom is -0.264 e. The Morgan fingerprint density at radius 3 is 2.25 bits per heavy atom. The van der Waals surface area contributed by atoms with Gasteiger partial charge in [-0.15, -0.1) is 5.54 Å². The second kappa shape index (κ2) is 4.05. The van der Waals surface area contributed by atoms with Crippen LogP contribution in [0, 0.1) is 11.5 Å². The summed E-state index contributed by atoms with van der Waals surface area (Å²) in [5.74, 6) is 2.53. The summed E-state index contributed by atoms with van der Waals surface area (Å²) in [5.41, 5.74) is 2.88. The molecule has 0 bridgehead atoms. The molecule has 0 aliphatic carbocycles. The molecule has 6 heteroatoms. The van der Waals surface area contributed by atoms with Gasteiger partial charge < -0.3 is 0 Å². The number of hydrogen-bond donors (Lipinski definition) is 1. The van der Waals surface area contributed by atoms with Gasteiger partial charge in [0.1, 0.15) is 14.7 Å². The Labute approximate surface area is 73.9 Å². The van der Waals surface area contributed by atoms with E-state index in [1.165, 1.54) is 0 Å². The van der Waals surface area contributed by atoms with Crippen LogP contribution in [0.1, 0.15) is 0 Å². The zero-order valence-electron chi connectivity index (χ0n) is 7.29. The van der Waals surface area contributed by atoms with Crippen LogP contribution in [-0.4, -0.2) is 27.7 Å². The molecule has 0 aliphatic rings. The first-order chi connectivity index (χ1) is 5.21. The Morgan fingerprint density at radius 1 is 1.42 bits per heavy atom. The van der Waals surface area contributed by atoms with E-state index in [2.05, 4.69) is 15.6 Å². The summed E-state index contributed by atoms with van der Waals surface area (Å²) < 4.78 is 32.2. The van der Waals surface area contributed by atoms with Crippen LogP contribution in [0.3, 0.4) is 0 Å². The van der Waals surface area contributed by atoms with Gasteiger partial charge in [0, 0.05) is 0 Å². The summed E-state index contributed by atoms with van der Waals surface area (Å²) in [6.45, 7) is 5.79. The summed E-state index contributed by atoms with van der Waals surface area (Å²) in [6.07, 6.45) is 0. The van der Waals surface area contributed by atoms with Crippen molar-refractivity contribution in [2.24, 2.45) is 0 Å². The van der Waals surface area contributed by atoms with Crippen LogP contribution in [0.4, 0.5) is 0 Å². The molecule has 0 fully saturated rings. The first-order valence-corrected chi connectivity index (χ1v) is 8.19. The van der Waals surface area contributed by atoms with Gasteiger partial charge in [0.2, 0.25) is 0 Å². The predicted molar refractivity (Wildman–Crippen MR) is 48.6 cm³/mol. The number of hydrogen-bond acceptors (Lipinski definition) is 3. The normalized spacial score (nSPS) is 12.0. The molecule has 0 aromatic rings. The van der Waals surface area contributed by atoms with Crippen molar-refractivity contribution in [1.82, 2.24) is 0 Å². The van der Waals surface area contributed by atoms with E-state index >= 15 is 0 Å². The summed E-state index contributed by atoms with van der Waals surface area (Å²) in [6, 6.07) is 0. The fraction of sp³-hybridized carbons (Fsp3) is 0.667. The Morgan fingerprint density at radius 2 is 1.92 bits per heavy atom. The summed E-state index contributed by atoms with van der Waals surface area (Å²) in [5, 5.41) is 0. The maximum atomic E-state index is 10.0. The van der Waals surface area contributed by atoms with Crippen LogP contribution in [0.15, 0.2) is 0 Å². The molecule has 0 radical (unpaired) electrons. The third-order valence-electron chi connectivity index (χ3n) is 0.743. The standard InChI is InChI=1S/C6H12O4SSi/c1-12(2,3)6-4-5-10-11(7,8)9/h5H2,1-3H3,(H,7,8,9). The largest absolute Gasteiger partial charge is 0.398 e.